The van der Waals surface area contributed by atoms with Gasteiger partial charge in [0, 0.05) is 27.6 Å². The van der Waals surface area contributed by atoms with Crippen LogP contribution >= 0.6 is 0 Å². The number of benzene rings is 7. The van der Waals surface area contributed by atoms with E-state index < -0.39 is 0 Å². The summed E-state index contributed by atoms with van der Waals surface area (Å²) in [5.41, 5.74) is 9.73. The van der Waals surface area contributed by atoms with E-state index in [-0.39, 0.29) is 0 Å². The van der Waals surface area contributed by atoms with Crippen molar-refractivity contribution in [3.63, 3.8) is 0 Å². The Hall–Kier alpha value is -6.39. The van der Waals surface area contributed by atoms with Crippen molar-refractivity contribution in [2.24, 2.45) is 0 Å². The van der Waals surface area contributed by atoms with Gasteiger partial charge in [-0.2, -0.15) is 0 Å². The third-order valence-electron chi connectivity index (χ3n) is 8.73. The Bertz CT molecular complexity index is 2360. The van der Waals surface area contributed by atoms with Crippen LogP contribution in [0, 0.1) is 0 Å². The molecule has 2 heterocycles. The van der Waals surface area contributed by atoms with E-state index in [9.17, 15) is 0 Å². The molecule has 220 valence electrons. The topological polar surface area (TPSA) is 47.9 Å². The van der Waals surface area contributed by atoms with Crippen LogP contribution in [0.1, 0.15) is 0 Å². The van der Waals surface area contributed by atoms with Gasteiger partial charge in [0.2, 0.25) is 0 Å². The summed E-state index contributed by atoms with van der Waals surface area (Å²) < 4.78 is 6.33. The molecule has 8 aromatic rings. The Morgan fingerprint density at radius 2 is 0.809 bits per heavy atom. The lowest BCUT2D eigenvalue weighted by Crippen LogP contribution is -2.00. The zero-order valence-electron chi connectivity index (χ0n) is 25.3. The van der Waals surface area contributed by atoms with Crippen molar-refractivity contribution in [1.82, 2.24) is 15.0 Å². The molecule has 0 amide bonds. The van der Waals surface area contributed by atoms with Crippen LogP contribution < -0.4 is 4.74 Å². The molecule has 4 heteroatoms. The zero-order chi connectivity index (χ0) is 31.2. The molecule has 1 aromatic heterocycles. The molecular weight excluding hydrogens is 574 g/mol. The first-order valence-corrected chi connectivity index (χ1v) is 15.7. The van der Waals surface area contributed by atoms with Gasteiger partial charge in [-0.3, -0.25) is 0 Å². The minimum atomic E-state index is 0.644. The number of rotatable bonds is 5. The summed E-state index contributed by atoms with van der Waals surface area (Å²) in [6.45, 7) is 0. The third kappa shape index (κ3) is 4.93. The monoisotopic (exact) mass is 601 g/mol. The van der Waals surface area contributed by atoms with Crippen LogP contribution in [0.4, 0.5) is 0 Å². The maximum Gasteiger partial charge on any atom is 0.164 e. The maximum absolute atomic E-state index is 6.33. The van der Waals surface area contributed by atoms with Gasteiger partial charge < -0.3 is 4.74 Å². The van der Waals surface area contributed by atoms with Crippen molar-refractivity contribution in [2.75, 3.05) is 0 Å². The molecule has 0 unspecified atom stereocenters. The molecule has 1 aliphatic heterocycles. The third-order valence-corrected chi connectivity index (χ3v) is 8.73. The Labute approximate surface area is 272 Å². The summed E-state index contributed by atoms with van der Waals surface area (Å²) in [5.74, 6) is 3.75. The molecule has 9 rings (SSSR count). The van der Waals surface area contributed by atoms with Gasteiger partial charge in [0.1, 0.15) is 11.5 Å². The first kappa shape index (κ1) is 27.0. The highest BCUT2D eigenvalue weighted by Crippen LogP contribution is 2.47. The van der Waals surface area contributed by atoms with Gasteiger partial charge in [-0.25, -0.2) is 15.0 Å². The number of hydrogen-bond donors (Lipinski definition) is 0. The Kier molecular flexibility index (Phi) is 6.43. The van der Waals surface area contributed by atoms with Crippen molar-refractivity contribution < 1.29 is 4.74 Å². The fraction of sp³-hybridized carbons (Fsp3) is 0. The van der Waals surface area contributed by atoms with Gasteiger partial charge in [-0.1, -0.05) is 140 Å². The largest absolute Gasteiger partial charge is 0.456 e. The summed E-state index contributed by atoms with van der Waals surface area (Å²) in [6, 6.07) is 56.4. The molecule has 0 aliphatic carbocycles. The van der Waals surface area contributed by atoms with Crippen molar-refractivity contribution in [3.8, 4) is 79.0 Å². The number of nitrogens with zero attached hydrogens (tertiary/aromatic N) is 3. The van der Waals surface area contributed by atoms with E-state index in [2.05, 4.69) is 91.0 Å². The molecule has 0 saturated heterocycles. The highest BCUT2D eigenvalue weighted by molar-refractivity contribution is 6.04. The first-order valence-electron chi connectivity index (χ1n) is 15.7. The van der Waals surface area contributed by atoms with Crippen LogP contribution in [0.5, 0.6) is 11.5 Å². The SMILES string of the molecule is c1ccc(-c2nc(-c3ccccc3)nc(-c3ccc(-c4cccc(-c5ccc6c(c5)-c5cccc7cccc(c57)O6)c4)cc3)n2)cc1. The second-order valence-electron chi connectivity index (χ2n) is 11.7. The zero-order valence-corrected chi connectivity index (χ0v) is 25.3. The van der Waals surface area contributed by atoms with E-state index in [0.717, 1.165) is 56.0 Å². The Morgan fingerprint density at radius 1 is 0.319 bits per heavy atom. The summed E-state index contributed by atoms with van der Waals surface area (Å²) in [5, 5.41) is 2.35. The predicted molar refractivity (Wildman–Crippen MR) is 190 cm³/mol. The standard InChI is InChI=1S/C43H27N3O/c1-3-10-30(11-4-1)41-44-42(31-12-5-2-6-13-31)46-43(45-41)32-22-20-28(21-23-32)33-16-7-17-34(26-33)35-24-25-38-37(27-35)36-18-8-14-29-15-9-19-39(47-38)40(29)36/h1-27H. The fourth-order valence-corrected chi connectivity index (χ4v) is 6.37. The number of fused-ring (bicyclic) bond motifs is 2. The molecule has 0 fully saturated rings. The van der Waals surface area contributed by atoms with Gasteiger partial charge in [0.05, 0.1) is 0 Å². The molecule has 1 aliphatic rings. The Balaban J connectivity index is 1.06. The van der Waals surface area contributed by atoms with Crippen molar-refractivity contribution in [3.05, 3.63) is 164 Å². The van der Waals surface area contributed by atoms with E-state index in [0.29, 0.717) is 17.5 Å². The molecule has 7 aromatic carbocycles. The minimum Gasteiger partial charge on any atom is -0.456 e. The van der Waals surface area contributed by atoms with E-state index in [4.69, 9.17) is 19.7 Å². The lowest BCUT2D eigenvalue weighted by molar-refractivity contribution is 0.487. The summed E-state index contributed by atoms with van der Waals surface area (Å²) >= 11 is 0. The lowest BCUT2D eigenvalue weighted by Gasteiger charge is -2.22. The second-order valence-corrected chi connectivity index (χ2v) is 11.7. The number of ether oxygens (including phenoxy) is 1. The summed E-state index contributed by atoms with van der Waals surface area (Å²) in [7, 11) is 0. The normalized spacial score (nSPS) is 11.6. The maximum atomic E-state index is 6.33. The molecular formula is C43H27N3O. The van der Waals surface area contributed by atoms with Gasteiger partial charge in [-0.05, 0) is 57.5 Å². The summed E-state index contributed by atoms with van der Waals surface area (Å²) in [4.78, 5) is 14.6. The predicted octanol–water partition coefficient (Wildman–Crippen LogP) is 11.1. The van der Waals surface area contributed by atoms with Crippen LogP contribution in [0.15, 0.2) is 164 Å². The fourth-order valence-electron chi connectivity index (χ4n) is 6.37. The van der Waals surface area contributed by atoms with Crippen LogP contribution in [0.2, 0.25) is 0 Å². The van der Waals surface area contributed by atoms with Gasteiger partial charge in [0.15, 0.2) is 17.5 Å². The van der Waals surface area contributed by atoms with Crippen molar-refractivity contribution in [1.29, 1.82) is 0 Å². The van der Waals surface area contributed by atoms with E-state index in [1.807, 2.05) is 72.8 Å². The first-order chi connectivity index (χ1) is 23.3. The smallest absolute Gasteiger partial charge is 0.164 e. The average Bonchev–Trinajstić information content (AvgIpc) is 3.15. The molecule has 0 N–H and O–H groups in total. The molecule has 0 saturated carbocycles. The summed E-state index contributed by atoms with van der Waals surface area (Å²) in [6.07, 6.45) is 0. The Morgan fingerprint density at radius 3 is 1.47 bits per heavy atom. The second kappa shape index (κ2) is 11.2. The quantitative estimate of drug-likeness (QED) is 0.197. The molecule has 0 bridgehead atoms. The molecule has 0 radical (unpaired) electrons. The molecule has 47 heavy (non-hydrogen) atoms. The van der Waals surface area contributed by atoms with Gasteiger partial charge in [0.25, 0.3) is 0 Å². The van der Waals surface area contributed by atoms with Crippen LogP contribution in [-0.2, 0) is 0 Å². The highest BCUT2D eigenvalue weighted by atomic mass is 16.5. The molecule has 0 spiro atoms. The molecule has 0 atom stereocenters. The van der Waals surface area contributed by atoms with Gasteiger partial charge >= 0.3 is 0 Å². The number of aromatic nitrogens is 3. The highest BCUT2D eigenvalue weighted by Gasteiger charge is 2.20. The van der Waals surface area contributed by atoms with E-state index in [1.54, 1.807) is 0 Å². The average molecular weight is 602 g/mol. The van der Waals surface area contributed by atoms with Crippen molar-refractivity contribution >= 4 is 10.8 Å². The molecule has 4 nitrogen and oxygen atoms in total. The minimum absolute atomic E-state index is 0.644. The number of hydrogen-bond acceptors (Lipinski definition) is 4. The van der Waals surface area contributed by atoms with Crippen LogP contribution in [0.3, 0.4) is 0 Å². The van der Waals surface area contributed by atoms with E-state index in [1.165, 1.54) is 16.3 Å². The van der Waals surface area contributed by atoms with Crippen molar-refractivity contribution in [2.45, 2.75) is 0 Å². The van der Waals surface area contributed by atoms with Gasteiger partial charge in [-0.15, -0.1) is 0 Å². The van der Waals surface area contributed by atoms with Crippen LogP contribution in [-0.4, -0.2) is 15.0 Å². The lowest BCUT2D eigenvalue weighted by atomic mass is 9.91. The van der Waals surface area contributed by atoms with Crippen LogP contribution in [0.25, 0.3) is 78.3 Å². The van der Waals surface area contributed by atoms with E-state index >= 15 is 0 Å².